The molecule has 0 bridgehead atoms. The van der Waals surface area contributed by atoms with E-state index in [1.54, 1.807) is 12.1 Å². The molecule has 3 aromatic rings. The maximum atomic E-state index is 13.6. The lowest BCUT2D eigenvalue weighted by atomic mass is 10.0. The van der Waals surface area contributed by atoms with Crippen LogP contribution in [0.25, 0.3) is 11.0 Å². The summed E-state index contributed by atoms with van der Waals surface area (Å²) in [6, 6.07) is 11.9. The van der Waals surface area contributed by atoms with Crippen LogP contribution >= 0.6 is 0 Å². The third kappa shape index (κ3) is 2.52. The molecule has 0 amide bonds. The second-order valence-electron chi connectivity index (χ2n) is 4.71. The molecule has 21 heavy (non-hydrogen) atoms. The van der Waals surface area contributed by atoms with Gasteiger partial charge in [-0.05, 0) is 23.8 Å². The van der Waals surface area contributed by atoms with Crippen molar-refractivity contribution in [2.24, 2.45) is 0 Å². The molecule has 0 aliphatic carbocycles. The molecule has 0 N–H and O–H groups in total. The van der Waals surface area contributed by atoms with Gasteiger partial charge in [-0.2, -0.15) is 0 Å². The average molecular weight is 284 g/mol. The first kappa shape index (κ1) is 13.4. The maximum absolute atomic E-state index is 13.6. The zero-order valence-electron chi connectivity index (χ0n) is 11.4. The summed E-state index contributed by atoms with van der Waals surface area (Å²) < 4.78 is 23.9. The van der Waals surface area contributed by atoms with Crippen molar-refractivity contribution < 1.29 is 18.3 Å². The van der Waals surface area contributed by atoms with Crippen LogP contribution in [0.3, 0.4) is 0 Å². The third-order valence-corrected chi connectivity index (χ3v) is 3.36. The number of carbonyl (C=O) groups is 1. The summed E-state index contributed by atoms with van der Waals surface area (Å²) in [4.78, 5) is 12.3. The van der Waals surface area contributed by atoms with Crippen molar-refractivity contribution in [1.82, 2.24) is 0 Å². The highest BCUT2D eigenvalue weighted by molar-refractivity contribution is 6.07. The third-order valence-electron chi connectivity index (χ3n) is 3.36. The summed E-state index contributed by atoms with van der Waals surface area (Å²) in [6.07, 6.45) is 1.57. The van der Waals surface area contributed by atoms with Crippen molar-refractivity contribution in [2.45, 2.75) is 6.42 Å². The van der Waals surface area contributed by atoms with Gasteiger partial charge in [0.2, 0.25) is 0 Å². The number of ketones is 1. The summed E-state index contributed by atoms with van der Waals surface area (Å²) >= 11 is 0. The van der Waals surface area contributed by atoms with Gasteiger partial charge < -0.3 is 9.15 Å². The number of furan rings is 1. The van der Waals surface area contributed by atoms with Crippen LogP contribution in [0.2, 0.25) is 0 Å². The van der Waals surface area contributed by atoms with E-state index in [-0.39, 0.29) is 18.0 Å². The normalized spacial score (nSPS) is 10.8. The monoisotopic (exact) mass is 284 g/mol. The van der Waals surface area contributed by atoms with Crippen molar-refractivity contribution in [3.63, 3.8) is 0 Å². The molecular weight excluding hydrogens is 271 g/mol. The zero-order valence-corrected chi connectivity index (χ0v) is 11.4. The van der Waals surface area contributed by atoms with E-state index >= 15 is 0 Å². The van der Waals surface area contributed by atoms with Crippen LogP contribution in [-0.2, 0) is 6.42 Å². The Morgan fingerprint density at radius 1 is 1.24 bits per heavy atom. The Kier molecular flexibility index (Phi) is 3.44. The minimum absolute atomic E-state index is 0.107. The molecule has 0 atom stereocenters. The number of hydrogen-bond acceptors (Lipinski definition) is 3. The van der Waals surface area contributed by atoms with E-state index in [1.165, 1.54) is 25.5 Å². The van der Waals surface area contributed by atoms with Gasteiger partial charge in [0.05, 0.1) is 12.7 Å². The fourth-order valence-electron chi connectivity index (χ4n) is 2.29. The second-order valence-corrected chi connectivity index (χ2v) is 4.71. The first-order chi connectivity index (χ1) is 10.2. The number of methoxy groups -OCH3 is 1. The number of para-hydroxylation sites is 1. The molecule has 0 radical (unpaired) electrons. The van der Waals surface area contributed by atoms with E-state index in [9.17, 15) is 9.18 Å². The number of carbonyl (C=O) groups excluding carboxylic acids is 1. The summed E-state index contributed by atoms with van der Waals surface area (Å²) in [5, 5.41) is 0.775. The Morgan fingerprint density at radius 3 is 2.81 bits per heavy atom. The predicted octanol–water partition coefficient (Wildman–Crippen LogP) is 4.01. The van der Waals surface area contributed by atoms with Gasteiger partial charge in [-0.3, -0.25) is 4.79 Å². The number of benzene rings is 2. The molecule has 0 aliphatic heterocycles. The van der Waals surface area contributed by atoms with Gasteiger partial charge in [0, 0.05) is 11.8 Å². The van der Waals surface area contributed by atoms with Gasteiger partial charge in [-0.25, -0.2) is 4.39 Å². The van der Waals surface area contributed by atoms with Gasteiger partial charge in [-0.15, -0.1) is 0 Å². The molecular formula is C17H13FO3. The van der Waals surface area contributed by atoms with E-state index in [0.29, 0.717) is 16.7 Å². The molecule has 4 heteroatoms. The maximum Gasteiger partial charge on any atom is 0.171 e. The van der Waals surface area contributed by atoms with Gasteiger partial charge in [0.15, 0.2) is 17.3 Å². The molecule has 1 heterocycles. The van der Waals surface area contributed by atoms with E-state index in [0.717, 1.165) is 5.39 Å². The summed E-state index contributed by atoms with van der Waals surface area (Å²) in [6.45, 7) is 0. The second kappa shape index (κ2) is 5.40. The molecule has 3 rings (SSSR count). The summed E-state index contributed by atoms with van der Waals surface area (Å²) in [7, 11) is 1.40. The fourth-order valence-corrected chi connectivity index (χ4v) is 2.29. The Labute approximate surface area is 120 Å². The lowest BCUT2D eigenvalue weighted by Crippen LogP contribution is -2.03. The molecule has 1 aromatic heterocycles. The van der Waals surface area contributed by atoms with E-state index < -0.39 is 5.82 Å². The molecule has 0 saturated carbocycles. The Balaban J connectivity index is 1.88. The van der Waals surface area contributed by atoms with Crippen LogP contribution in [0.1, 0.15) is 15.9 Å². The smallest absolute Gasteiger partial charge is 0.171 e. The highest BCUT2D eigenvalue weighted by Crippen LogP contribution is 2.23. The Bertz CT molecular complexity index is 805. The number of ether oxygens (including phenoxy) is 1. The van der Waals surface area contributed by atoms with Crippen LogP contribution in [0.4, 0.5) is 4.39 Å². The molecule has 0 aliphatic rings. The van der Waals surface area contributed by atoms with Crippen LogP contribution in [0, 0.1) is 5.82 Å². The largest absolute Gasteiger partial charge is 0.494 e. The van der Waals surface area contributed by atoms with Crippen LogP contribution in [0.15, 0.2) is 53.1 Å². The number of hydrogen-bond donors (Lipinski definition) is 0. The molecule has 0 fully saturated rings. The van der Waals surface area contributed by atoms with Crippen LogP contribution < -0.4 is 4.74 Å². The topological polar surface area (TPSA) is 39.4 Å². The van der Waals surface area contributed by atoms with Crippen LogP contribution in [-0.4, -0.2) is 12.9 Å². The van der Waals surface area contributed by atoms with Crippen molar-refractivity contribution in [2.75, 3.05) is 7.11 Å². The van der Waals surface area contributed by atoms with E-state index in [4.69, 9.17) is 9.15 Å². The van der Waals surface area contributed by atoms with E-state index in [2.05, 4.69) is 0 Å². The van der Waals surface area contributed by atoms with Crippen LogP contribution in [0.5, 0.6) is 5.75 Å². The summed E-state index contributed by atoms with van der Waals surface area (Å²) in [5.41, 5.74) is 1.78. The molecule has 0 saturated heterocycles. The number of halogens is 1. The highest BCUT2D eigenvalue weighted by Gasteiger charge is 2.14. The number of rotatable bonds is 4. The molecule has 2 aromatic carbocycles. The lowest BCUT2D eigenvalue weighted by Gasteiger charge is -2.04. The van der Waals surface area contributed by atoms with Gasteiger partial charge in [-0.1, -0.05) is 24.3 Å². The SMILES string of the molecule is COc1ccc(CC(=O)c2coc3ccccc23)cc1F. The quantitative estimate of drug-likeness (QED) is 0.680. The minimum Gasteiger partial charge on any atom is -0.494 e. The Morgan fingerprint density at radius 2 is 2.05 bits per heavy atom. The predicted molar refractivity (Wildman–Crippen MR) is 77.2 cm³/mol. The highest BCUT2D eigenvalue weighted by atomic mass is 19.1. The molecule has 0 spiro atoms. The fraction of sp³-hybridized carbons (Fsp3) is 0.118. The van der Waals surface area contributed by atoms with Gasteiger partial charge >= 0.3 is 0 Å². The van der Waals surface area contributed by atoms with Gasteiger partial charge in [0.25, 0.3) is 0 Å². The Hall–Kier alpha value is -2.62. The van der Waals surface area contributed by atoms with E-state index in [1.807, 2.05) is 18.2 Å². The molecule has 106 valence electrons. The first-order valence-electron chi connectivity index (χ1n) is 6.51. The van der Waals surface area contributed by atoms with Crippen molar-refractivity contribution in [1.29, 1.82) is 0 Å². The standard InChI is InChI=1S/C17H13FO3/c1-20-17-7-6-11(8-14(17)18)9-15(19)13-10-21-16-5-3-2-4-12(13)16/h2-8,10H,9H2,1H3. The van der Waals surface area contributed by atoms with Gasteiger partial charge in [0.1, 0.15) is 11.8 Å². The average Bonchev–Trinajstić information content (AvgIpc) is 2.91. The molecule has 3 nitrogen and oxygen atoms in total. The first-order valence-corrected chi connectivity index (χ1v) is 6.51. The summed E-state index contributed by atoms with van der Waals surface area (Å²) in [5.74, 6) is -0.413. The minimum atomic E-state index is -0.472. The molecule has 0 unspecified atom stereocenters. The number of Topliss-reactive ketones (excluding diaryl/α,β-unsaturated/α-hetero) is 1. The lowest BCUT2D eigenvalue weighted by molar-refractivity contribution is 0.0993. The number of fused-ring (bicyclic) bond motifs is 1. The zero-order chi connectivity index (χ0) is 14.8. The van der Waals surface area contributed by atoms with Crippen molar-refractivity contribution in [3.8, 4) is 5.75 Å². The van der Waals surface area contributed by atoms with Crippen molar-refractivity contribution >= 4 is 16.8 Å². The van der Waals surface area contributed by atoms with Crippen molar-refractivity contribution in [3.05, 3.63) is 65.7 Å².